The first-order valence-corrected chi connectivity index (χ1v) is 9.81. The van der Waals surface area contributed by atoms with Gasteiger partial charge < -0.3 is 14.3 Å². The molecule has 0 fully saturated rings. The number of benzene rings is 2. The lowest BCUT2D eigenvalue weighted by molar-refractivity contribution is -0.121. The summed E-state index contributed by atoms with van der Waals surface area (Å²) in [6.45, 7) is 1.24. The lowest BCUT2D eigenvalue weighted by atomic mass is 10.1. The highest BCUT2D eigenvalue weighted by molar-refractivity contribution is 5.76. The van der Waals surface area contributed by atoms with Crippen molar-refractivity contribution in [1.29, 1.82) is 0 Å². The van der Waals surface area contributed by atoms with Crippen LogP contribution in [0, 0.1) is 5.82 Å². The minimum Gasteiger partial charge on any atom is -0.461 e. The van der Waals surface area contributed by atoms with Gasteiger partial charge in [-0.1, -0.05) is 36.4 Å². The second-order valence-corrected chi connectivity index (χ2v) is 7.07. The minimum absolute atomic E-state index is 0.0543. The van der Waals surface area contributed by atoms with Crippen molar-refractivity contribution < 1.29 is 13.6 Å². The number of hydrogen-bond donors (Lipinski definition) is 1. The van der Waals surface area contributed by atoms with Crippen LogP contribution in [0.25, 0.3) is 11.3 Å². The van der Waals surface area contributed by atoms with Crippen LogP contribution in [0.1, 0.15) is 23.3 Å². The van der Waals surface area contributed by atoms with E-state index in [4.69, 9.17) is 4.42 Å². The summed E-state index contributed by atoms with van der Waals surface area (Å²) in [5.41, 5.74) is 2.63. The third-order valence-corrected chi connectivity index (χ3v) is 4.84. The summed E-state index contributed by atoms with van der Waals surface area (Å²) >= 11 is 0. The Balaban J connectivity index is 1.24. The molecule has 0 unspecified atom stereocenters. The number of amides is 1. The number of nitrogens with zero attached hydrogens (tertiary/aromatic N) is 2. The van der Waals surface area contributed by atoms with Crippen molar-refractivity contribution in [3.05, 3.63) is 102 Å². The van der Waals surface area contributed by atoms with Crippen molar-refractivity contribution in [3.8, 4) is 11.3 Å². The fourth-order valence-corrected chi connectivity index (χ4v) is 3.20. The van der Waals surface area contributed by atoms with Gasteiger partial charge in [0.25, 0.3) is 0 Å². The summed E-state index contributed by atoms with van der Waals surface area (Å²) in [5, 5.41) is 2.93. The van der Waals surface area contributed by atoms with Crippen molar-refractivity contribution in [2.45, 2.75) is 25.9 Å². The van der Waals surface area contributed by atoms with Crippen LogP contribution in [0.2, 0.25) is 0 Å². The summed E-state index contributed by atoms with van der Waals surface area (Å²) in [6, 6.07) is 18.1. The Labute approximate surface area is 174 Å². The quantitative estimate of drug-likeness (QED) is 0.468. The Hall–Kier alpha value is -3.67. The standard InChI is InChI=1S/C24H22FN3O2/c25-22-4-2-1-3-21(22)23-11-9-20(30-23)10-12-24(29)27-15-18-5-7-19(8-6-18)16-28-14-13-26-17-28/h1-9,11,13-14,17H,10,12,15-16H2,(H,27,29). The van der Waals surface area contributed by atoms with E-state index in [9.17, 15) is 9.18 Å². The topological polar surface area (TPSA) is 60.1 Å². The number of imidazole rings is 1. The Bertz CT molecular complexity index is 1100. The molecule has 0 spiro atoms. The first-order chi connectivity index (χ1) is 14.7. The van der Waals surface area contributed by atoms with Crippen molar-refractivity contribution in [3.63, 3.8) is 0 Å². The molecule has 152 valence electrons. The maximum atomic E-state index is 13.9. The Morgan fingerprint density at radius 1 is 1.03 bits per heavy atom. The van der Waals surface area contributed by atoms with Crippen molar-refractivity contribution in [2.75, 3.05) is 0 Å². The average molecular weight is 403 g/mol. The molecule has 2 heterocycles. The number of furan rings is 1. The molecule has 2 aromatic carbocycles. The Morgan fingerprint density at radius 3 is 2.60 bits per heavy atom. The molecule has 0 radical (unpaired) electrons. The summed E-state index contributed by atoms with van der Waals surface area (Å²) in [4.78, 5) is 16.2. The first kappa shape index (κ1) is 19.6. The second kappa shape index (κ2) is 9.22. The monoisotopic (exact) mass is 403 g/mol. The molecule has 0 saturated heterocycles. The van der Waals surface area contributed by atoms with E-state index in [2.05, 4.69) is 22.4 Å². The summed E-state index contributed by atoms with van der Waals surface area (Å²) in [7, 11) is 0. The molecule has 0 atom stereocenters. The van der Waals surface area contributed by atoms with Crippen LogP contribution in [0.5, 0.6) is 0 Å². The first-order valence-electron chi connectivity index (χ1n) is 9.81. The minimum atomic E-state index is -0.327. The van der Waals surface area contributed by atoms with Crippen LogP contribution in [0.15, 0.2) is 83.8 Å². The highest BCUT2D eigenvalue weighted by Crippen LogP contribution is 2.25. The molecule has 0 aliphatic rings. The van der Waals surface area contributed by atoms with Gasteiger partial charge in [-0.05, 0) is 35.4 Å². The lowest BCUT2D eigenvalue weighted by Gasteiger charge is -2.07. The molecule has 0 aliphatic heterocycles. The molecular weight excluding hydrogens is 381 g/mol. The zero-order chi connectivity index (χ0) is 20.8. The number of aromatic nitrogens is 2. The molecule has 0 bridgehead atoms. The third-order valence-electron chi connectivity index (χ3n) is 4.84. The van der Waals surface area contributed by atoms with Gasteiger partial charge in [0.15, 0.2) is 0 Å². The number of carbonyl (C=O) groups excluding carboxylic acids is 1. The predicted molar refractivity (Wildman–Crippen MR) is 112 cm³/mol. The summed E-state index contributed by atoms with van der Waals surface area (Å²) < 4.78 is 21.5. The van der Waals surface area contributed by atoms with E-state index in [1.807, 2.05) is 22.9 Å². The number of aryl methyl sites for hydroxylation is 1. The molecule has 0 aliphatic carbocycles. The zero-order valence-electron chi connectivity index (χ0n) is 16.4. The van der Waals surface area contributed by atoms with Gasteiger partial charge in [0.1, 0.15) is 17.3 Å². The molecule has 30 heavy (non-hydrogen) atoms. The molecule has 6 heteroatoms. The zero-order valence-corrected chi connectivity index (χ0v) is 16.4. The molecule has 4 aromatic rings. The van der Waals surface area contributed by atoms with E-state index in [-0.39, 0.29) is 11.7 Å². The SMILES string of the molecule is O=C(CCc1ccc(-c2ccccc2F)o1)NCc1ccc(Cn2ccnc2)cc1. The Morgan fingerprint density at radius 2 is 1.83 bits per heavy atom. The van der Waals surface area contributed by atoms with Gasteiger partial charge in [-0.3, -0.25) is 4.79 Å². The largest absolute Gasteiger partial charge is 0.461 e. The number of rotatable bonds is 8. The van der Waals surface area contributed by atoms with Gasteiger partial charge in [-0.2, -0.15) is 0 Å². The van der Waals surface area contributed by atoms with Gasteiger partial charge in [0, 0.05) is 38.3 Å². The van der Waals surface area contributed by atoms with Crippen LogP contribution >= 0.6 is 0 Å². The molecule has 5 nitrogen and oxygen atoms in total. The molecule has 1 N–H and O–H groups in total. The van der Waals surface area contributed by atoms with Gasteiger partial charge in [0.05, 0.1) is 11.9 Å². The van der Waals surface area contributed by atoms with E-state index in [0.29, 0.717) is 36.5 Å². The van der Waals surface area contributed by atoms with Gasteiger partial charge >= 0.3 is 0 Å². The lowest BCUT2D eigenvalue weighted by Crippen LogP contribution is -2.22. The Kier molecular flexibility index (Phi) is 6.03. The number of nitrogens with one attached hydrogen (secondary N) is 1. The van der Waals surface area contributed by atoms with Gasteiger partial charge in [0.2, 0.25) is 5.91 Å². The molecule has 2 aromatic heterocycles. The van der Waals surface area contributed by atoms with E-state index in [1.54, 1.807) is 42.9 Å². The van der Waals surface area contributed by atoms with Crippen LogP contribution in [-0.2, 0) is 24.3 Å². The van der Waals surface area contributed by atoms with Crippen LogP contribution < -0.4 is 5.32 Å². The second-order valence-electron chi connectivity index (χ2n) is 7.07. The van der Waals surface area contributed by atoms with E-state index in [1.165, 1.54) is 11.6 Å². The van der Waals surface area contributed by atoms with Gasteiger partial charge in [-0.25, -0.2) is 9.37 Å². The number of hydrogen-bond acceptors (Lipinski definition) is 3. The van der Waals surface area contributed by atoms with Crippen molar-refractivity contribution in [1.82, 2.24) is 14.9 Å². The van der Waals surface area contributed by atoms with E-state index >= 15 is 0 Å². The van der Waals surface area contributed by atoms with Crippen molar-refractivity contribution in [2.24, 2.45) is 0 Å². The average Bonchev–Trinajstić information content (AvgIpc) is 3.44. The summed E-state index contributed by atoms with van der Waals surface area (Å²) in [5.74, 6) is 0.750. The molecule has 0 saturated carbocycles. The van der Waals surface area contributed by atoms with Gasteiger partial charge in [-0.15, -0.1) is 0 Å². The van der Waals surface area contributed by atoms with Crippen LogP contribution in [0.4, 0.5) is 4.39 Å². The fourth-order valence-electron chi connectivity index (χ4n) is 3.20. The maximum absolute atomic E-state index is 13.9. The molecular formula is C24H22FN3O2. The van der Waals surface area contributed by atoms with E-state index < -0.39 is 0 Å². The normalized spacial score (nSPS) is 10.8. The molecule has 4 rings (SSSR count). The summed E-state index contributed by atoms with van der Waals surface area (Å²) in [6.07, 6.45) is 6.24. The molecule has 1 amide bonds. The smallest absolute Gasteiger partial charge is 0.220 e. The number of carbonyl (C=O) groups is 1. The highest BCUT2D eigenvalue weighted by Gasteiger charge is 2.10. The van der Waals surface area contributed by atoms with Crippen LogP contribution in [-0.4, -0.2) is 15.5 Å². The van der Waals surface area contributed by atoms with Crippen molar-refractivity contribution >= 4 is 5.91 Å². The van der Waals surface area contributed by atoms with Crippen LogP contribution in [0.3, 0.4) is 0 Å². The highest BCUT2D eigenvalue weighted by atomic mass is 19.1. The predicted octanol–water partition coefficient (Wildman–Crippen LogP) is 4.58. The van der Waals surface area contributed by atoms with E-state index in [0.717, 1.165) is 12.1 Å². The fraction of sp³-hybridized carbons (Fsp3) is 0.167. The third kappa shape index (κ3) is 5.03. The maximum Gasteiger partial charge on any atom is 0.220 e. The number of halogens is 1.